The third-order valence-corrected chi connectivity index (χ3v) is 6.82. The highest BCUT2D eigenvalue weighted by Gasteiger charge is 2.32. The van der Waals surface area contributed by atoms with Gasteiger partial charge >= 0.3 is 5.69 Å². The van der Waals surface area contributed by atoms with Crippen LogP contribution in [0.4, 0.5) is 0 Å². The van der Waals surface area contributed by atoms with Crippen LogP contribution in [-0.2, 0) is 11.8 Å². The van der Waals surface area contributed by atoms with Crippen LogP contribution in [0.15, 0.2) is 4.79 Å². The predicted octanol–water partition coefficient (Wildman–Crippen LogP) is 2.98. The Morgan fingerprint density at radius 2 is 1.62 bits per heavy atom. The first-order valence-electron chi connectivity index (χ1n) is 10.6. The Hall–Kier alpha value is -1.59. The molecule has 0 atom stereocenters. The minimum absolute atomic E-state index is 0.0339. The van der Waals surface area contributed by atoms with Crippen molar-refractivity contribution >= 4 is 5.91 Å². The van der Waals surface area contributed by atoms with Crippen molar-refractivity contribution in [2.45, 2.75) is 82.6 Å². The van der Waals surface area contributed by atoms with Gasteiger partial charge in [0.15, 0.2) is 0 Å². The summed E-state index contributed by atoms with van der Waals surface area (Å²) in [5.74, 6) is 2.22. The molecule has 0 N–H and O–H groups in total. The van der Waals surface area contributed by atoms with Crippen molar-refractivity contribution in [1.29, 1.82) is 0 Å². The van der Waals surface area contributed by atoms with Gasteiger partial charge in [-0.3, -0.25) is 9.36 Å². The van der Waals surface area contributed by atoms with Gasteiger partial charge < -0.3 is 4.90 Å². The lowest BCUT2D eigenvalue weighted by atomic mass is 9.94. The number of aromatic nitrogens is 3. The molecule has 3 fully saturated rings. The van der Waals surface area contributed by atoms with Gasteiger partial charge in [0.1, 0.15) is 5.82 Å². The second-order valence-corrected chi connectivity index (χ2v) is 8.58. The van der Waals surface area contributed by atoms with E-state index in [9.17, 15) is 9.59 Å². The molecule has 2 heterocycles. The van der Waals surface area contributed by atoms with Crippen LogP contribution in [0.2, 0.25) is 0 Å². The maximum atomic E-state index is 12.6. The van der Waals surface area contributed by atoms with Crippen LogP contribution in [-0.4, -0.2) is 38.2 Å². The van der Waals surface area contributed by atoms with E-state index in [0.29, 0.717) is 23.8 Å². The van der Waals surface area contributed by atoms with Crippen LogP contribution >= 0.6 is 0 Å². The number of hydrogen-bond donors (Lipinski definition) is 0. The van der Waals surface area contributed by atoms with E-state index in [1.807, 2.05) is 4.57 Å². The molecule has 0 radical (unpaired) electrons. The molecule has 1 aliphatic heterocycles. The van der Waals surface area contributed by atoms with E-state index in [4.69, 9.17) is 0 Å². The normalized spacial score (nSPS) is 23.2. The van der Waals surface area contributed by atoms with Gasteiger partial charge in [-0.2, -0.15) is 5.10 Å². The fraction of sp³-hybridized carbons (Fsp3) is 0.850. The van der Waals surface area contributed by atoms with Crippen molar-refractivity contribution < 1.29 is 4.79 Å². The monoisotopic (exact) mass is 360 g/mol. The molecule has 0 bridgehead atoms. The van der Waals surface area contributed by atoms with E-state index in [0.717, 1.165) is 51.0 Å². The van der Waals surface area contributed by atoms with Crippen molar-refractivity contribution in [2.24, 2.45) is 13.0 Å². The molecule has 0 aromatic carbocycles. The lowest BCUT2D eigenvalue weighted by molar-refractivity contribution is -0.133. The number of rotatable bonds is 4. The highest BCUT2D eigenvalue weighted by Crippen LogP contribution is 2.34. The molecular formula is C20H32N4O2. The zero-order chi connectivity index (χ0) is 18.1. The van der Waals surface area contributed by atoms with Crippen LogP contribution in [0.3, 0.4) is 0 Å². The molecule has 1 aromatic heterocycles. The number of carbonyl (C=O) groups is 1. The summed E-state index contributed by atoms with van der Waals surface area (Å²) < 4.78 is 3.49. The smallest absolute Gasteiger partial charge is 0.343 e. The summed E-state index contributed by atoms with van der Waals surface area (Å²) in [6.07, 6.45) is 12.2. The molecule has 0 spiro atoms. The molecule has 4 rings (SSSR count). The summed E-state index contributed by atoms with van der Waals surface area (Å²) in [5, 5.41) is 4.60. The SMILES string of the molecule is Cn1nc(C2CCN(C(=O)CC3CCCC3)CC2)n(C2CCCC2)c1=O. The standard InChI is InChI=1S/C20H32N4O2/c1-22-20(26)24(17-8-4-5-9-17)19(21-22)16-10-12-23(13-11-16)18(25)14-15-6-2-3-7-15/h15-17H,2-14H2,1H3. The zero-order valence-corrected chi connectivity index (χ0v) is 16.0. The van der Waals surface area contributed by atoms with E-state index < -0.39 is 0 Å². The Morgan fingerprint density at radius 3 is 2.27 bits per heavy atom. The predicted molar refractivity (Wildman–Crippen MR) is 100 cm³/mol. The van der Waals surface area contributed by atoms with Crippen LogP contribution in [0.5, 0.6) is 0 Å². The first-order chi connectivity index (χ1) is 12.6. The van der Waals surface area contributed by atoms with E-state index in [1.54, 1.807) is 7.05 Å². The molecule has 144 valence electrons. The summed E-state index contributed by atoms with van der Waals surface area (Å²) in [5.41, 5.74) is 0.0339. The van der Waals surface area contributed by atoms with Crippen LogP contribution in [0.25, 0.3) is 0 Å². The summed E-state index contributed by atoms with van der Waals surface area (Å²) in [6.45, 7) is 1.62. The third-order valence-electron chi connectivity index (χ3n) is 6.82. The Morgan fingerprint density at radius 1 is 1.00 bits per heavy atom. The highest BCUT2D eigenvalue weighted by molar-refractivity contribution is 5.76. The minimum Gasteiger partial charge on any atom is -0.343 e. The molecule has 6 nitrogen and oxygen atoms in total. The third kappa shape index (κ3) is 3.47. The Bertz CT molecular complexity index is 687. The summed E-state index contributed by atoms with van der Waals surface area (Å²) >= 11 is 0. The maximum Gasteiger partial charge on any atom is 0.345 e. The first-order valence-corrected chi connectivity index (χ1v) is 10.6. The second kappa shape index (κ2) is 7.57. The number of hydrogen-bond acceptors (Lipinski definition) is 3. The van der Waals surface area contributed by atoms with Gasteiger partial charge in [0.2, 0.25) is 5.91 Å². The van der Waals surface area contributed by atoms with E-state index in [-0.39, 0.29) is 5.69 Å². The number of piperidine rings is 1. The number of likely N-dealkylation sites (tertiary alicyclic amines) is 1. The van der Waals surface area contributed by atoms with Crippen molar-refractivity contribution in [1.82, 2.24) is 19.2 Å². The zero-order valence-electron chi connectivity index (χ0n) is 16.0. The van der Waals surface area contributed by atoms with Crippen molar-refractivity contribution in [3.63, 3.8) is 0 Å². The number of amides is 1. The minimum atomic E-state index is 0.0339. The molecule has 0 unspecified atom stereocenters. The van der Waals surface area contributed by atoms with Gasteiger partial charge in [-0.1, -0.05) is 25.7 Å². The van der Waals surface area contributed by atoms with Gasteiger partial charge in [-0.15, -0.1) is 0 Å². The summed E-state index contributed by atoms with van der Waals surface area (Å²) in [7, 11) is 1.76. The number of aryl methyl sites for hydroxylation is 1. The first kappa shape index (κ1) is 17.8. The lowest BCUT2D eigenvalue weighted by Gasteiger charge is -2.32. The molecule has 2 aliphatic carbocycles. The molecule has 1 amide bonds. The van der Waals surface area contributed by atoms with Gasteiger partial charge in [0.05, 0.1) is 0 Å². The number of nitrogens with zero attached hydrogens (tertiary/aromatic N) is 4. The van der Waals surface area contributed by atoms with Crippen LogP contribution in [0.1, 0.15) is 88.4 Å². The van der Waals surface area contributed by atoms with Gasteiger partial charge in [-0.25, -0.2) is 9.48 Å². The fourth-order valence-corrected chi connectivity index (χ4v) is 5.26. The largest absolute Gasteiger partial charge is 0.345 e. The average Bonchev–Trinajstić information content (AvgIpc) is 3.39. The van der Waals surface area contributed by atoms with Crippen LogP contribution < -0.4 is 5.69 Å². The van der Waals surface area contributed by atoms with Gasteiger partial charge in [0, 0.05) is 38.5 Å². The Balaban J connectivity index is 1.41. The van der Waals surface area contributed by atoms with Gasteiger partial charge in [-0.05, 0) is 44.4 Å². The molecule has 3 aliphatic rings. The Kier molecular flexibility index (Phi) is 5.18. The van der Waals surface area contributed by atoms with Gasteiger partial charge in [0.25, 0.3) is 0 Å². The van der Waals surface area contributed by atoms with E-state index >= 15 is 0 Å². The van der Waals surface area contributed by atoms with Crippen molar-refractivity contribution in [3.05, 3.63) is 16.3 Å². The number of carbonyl (C=O) groups excluding carboxylic acids is 1. The molecule has 2 saturated carbocycles. The molecule has 6 heteroatoms. The highest BCUT2D eigenvalue weighted by atomic mass is 16.2. The summed E-state index contributed by atoms with van der Waals surface area (Å²) in [6, 6.07) is 0.327. The molecular weight excluding hydrogens is 328 g/mol. The molecule has 1 aromatic rings. The Labute approximate surface area is 155 Å². The topological polar surface area (TPSA) is 60.1 Å². The van der Waals surface area contributed by atoms with Crippen LogP contribution in [0, 0.1) is 5.92 Å². The molecule has 1 saturated heterocycles. The second-order valence-electron chi connectivity index (χ2n) is 8.58. The van der Waals surface area contributed by atoms with Crippen molar-refractivity contribution in [3.8, 4) is 0 Å². The summed E-state index contributed by atoms with van der Waals surface area (Å²) in [4.78, 5) is 27.2. The quantitative estimate of drug-likeness (QED) is 0.829. The molecule has 26 heavy (non-hydrogen) atoms. The van der Waals surface area contributed by atoms with Crippen molar-refractivity contribution in [2.75, 3.05) is 13.1 Å². The van der Waals surface area contributed by atoms with E-state index in [1.165, 1.54) is 43.2 Å². The average molecular weight is 361 g/mol. The lowest BCUT2D eigenvalue weighted by Crippen LogP contribution is -2.39. The fourth-order valence-electron chi connectivity index (χ4n) is 5.26. The van der Waals surface area contributed by atoms with E-state index in [2.05, 4.69) is 10.00 Å². The maximum absolute atomic E-state index is 12.6.